The smallest absolute Gasteiger partial charge is 0.0601 e. The summed E-state index contributed by atoms with van der Waals surface area (Å²) in [5, 5.41) is 0. The molecule has 0 bridgehead atoms. The minimum Gasteiger partial charge on any atom is -0.297 e. The summed E-state index contributed by atoms with van der Waals surface area (Å²) in [4.78, 5) is 2.54. The van der Waals surface area contributed by atoms with E-state index >= 15 is 0 Å². The average molecular weight is 267 g/mol. The van der Waals surface area contributed by atoms with E-state index in [2.05, 4.69) is 44.1 Å². The van der Waals surface area contributed by atoms with Crippen LogP contribution < -0.4 is 11.3 Å². The number of nitrogens with zero attached hydrogens (tertiary/aromatic N) is 1. The first-order valence-corrected chi connectivity index (χ1v) is 8.04. The second kappa shape index (κ2) is 8.03. The molecule has 19 heavy (non-hydrogen) atoms. The molecule has 3 nitrogen and oxygen atoms in total. The molecule has 0 aliphatic heterocycles. The summed E-state index contributed by atoms with van der Waals surface area (Å²) >= 11 is 0. The highest BCUT2D eigenvalue weighted by Crippen LogP contribution is 2.31. The lowest BCUT2D eigenvalue weighted by Crippen LogP contribution is -2.61. The van der Waals surface area contributed by atoms with Gasteiger partial charge < -0.3 is 0 Å². The predicted molar refractivity (Wildman–Crippen MR) is 83.9 cm³/mol. The Labute approximate surface area is 119 Å². The number of hydrogen-bond donors (Lipinski definition) is 2. The Morgan fingerprint density at radius 2 is 1.95 bits per heavy atom. The molecular weight excluding hydrogens is 234 g/mol. The molecule has 1 aliphatic carbocycles. The summed E-state index contributed by atoms with van der Waals surface area (Å²) in [6, 6.07) is 0.274. The van der Waals surface area contributed by atoms with Gasteiger partial charge in [0.2, 0.25) is 0 Å². The third-order valence-corrected chi connectivity index (χ3v) is 4.94. The first-order chi connectivity index (χ1) is 9.13. The molecule has 0 aromatic carbocycles. The van der Waals surface area contributed by atoms with Gasteiger partial charge in [-0.3, -0.25) is 16.2 Å². The van der Waals surface area contributed by atoms with Crippen LogP contribution in [-0.2, 0) is 0 Å². The molecule has 0 saturated heterocycles. The van der Waals surface area contributed by atoms with E-state index in [1.54, 1.807) is 0 Å². The number of nitrogens with one attached hydrogen (secondary N) is 1. The zero-order chi connectivity index (χ0) is 14.3. The largest absolute Gasteiger partial charge is 0.297 e. The standard InChI is InChI=1S/C16H33N3/c1-5-16(4,19(6-2)7-3)15(18-17)14-12-10-8-9-11-13-14/h12,15,18H,5-11,13,17H2,1-4H3. The molecule has 2 unspecified atom stereocenters. The van der Waals surface area contributed by atoms with Crippen molar-refractivity contribution in [3.05, 3.63) is 11.6 Å². The summed E-state index contributed by atoms with van der Waals surface area (Å²) in [7, 11) is 0. The van der Waals surface area contributed by atoms with E-state index in [1.165, 1.54) is 37.7 Å². The van der Waals surface area contributed by atoms with Gasteiger partial charge in [-0.25, -0.2) is 0 Å². The third kappa shape index (κ3) is 3.80. The van der Waals surface area contributed by atoms with Crippen LogP contribution in [-0.4, -0.2) is 29.6 Å². The lowest BCUT2D eigenvalue weighted by Gasteiger charge is -2.46. The van der Waals surface area contributed by atoms with Gasteiger partial charge in [-0.05, 0) is 52.1 Å². The van der Waals surface area contributed by atoms with Crippen LogP contribution >= 0.6 is 0 Å². The minimum atomic E-state index is 0.106. The van der Waals surface area contributed by atoms with Gasteiger partial charge in [-0.2, -0.15) is 0 Å². The van der Waals surface area contributed by atoms with Gasteiger partial charge in [-0.15, -0.1) is 0 Å². The Kier molecular flexibility index (Phi) is 7.05. The topological polar surface area (TPSA) is 41.3 Å². The molecule has 1 aliphatic rings. The molecule has 2 atom stereocenters. The maximum absolute atomic E-state index is 5.95. The van der Waals surface area contributed by atoms with Crippen molar-refractivity contribution in [1.82, 2.24) is 10.3 Å². The highest BCUT2D eigenvalue weighted by molar-refractivity contribution is 5.19. The van der Waals surface area contributed by atoms with Crippen molar-refractivity contribution < 1.29 is 0 Å². The molecule has 1 rings (SSSR count). The Morgan fingerprint density at radius 3 is 2.47 bits per heavy atom. The Morgan fingerprint density at radius 1 is 1.26 bits per heavy atom. The van der Waals surface area contributed by atoms with Crippen LogP contribution in [0.4, 0.5) is 0 Å². The molecule has 0 heterocycles. The highest BCUT2D eigenvalue weighted by Gasteiger charge is 2.38. The van der Waals surface area contributed by atoms with E-state index in [4.69, 9.17) is 5.84 Å². The molecule has 3 heteroatoms. The van der Waals surface area contributed by atoms with Gasteiger partial charge in [0.05, 0.1) is 6.04 Å². The Balaban J connectivity index is 2.99. The SMILES string of the molecule is CCN(CC)C(C)(CC)C(NN)C1=CCCCCC1. The number of hydrogen-bond acceptors (Lipinski definition) is 3. The van der Waals surface area contributed by atoms with Gasteiger partial charge in [0.1, 0.15) is 0 Å². The fourth-order valence-electron chi connectivity index (χ4n) is 3.54. The number of allylic oxidation sites excluding steroid dienone is 1. The van der Waals surface area contributed by atoms with Gasteiger partial charge in [-0.1, -0.05) is 38.8 Å². The van der Waals surface area contributed by atoms with Crippen LogP contribution in [0.5, 0.6) is 0 Å². The number of rotatable bonds is 7. The second-order valence-electron chi connectivity index (χ2n) is 5.86. The van der Waals surface area contributed by atoms with E-state index in [9.17, 15) is 0 Å². The van der Waals surface area contributed by atoms with Crippen molar-refractivity contribution in [3.8, 4) is 0 Å². The fraction of sp³-hybridized carbons (Fsp3) is 0.875. The first kappa shape index (κ1) is 16.7. The fourth-order valence-corrected chi connectivity index (χ4v) is 3.54. The van der Waals surface area contributed by atoms with Crippen molar-refractivity contribution in [3.63, 3.8) is 0 Å². The zero-order valence-corrected chi connectivity index (χ0v) is 13.3. The van der Waals surface area contributed by atoms with Gasteiger partial charge in [0.25, 0.3) is 0 Å². The summed E-state index contributed by atoms with van der Waals surface area (Å²) < 4.78 is 0. The van der Waals surface area contributed by atoms with E-state index < -0.39 is 0 Å². The van der Waals surface area contributed by atoms with Crippen molar-refractivity contribution in [2.24, 2.45) is 5.84 Å². The molecule has 0 spiro atoms. The quantitative estimate of drug-likeness (QED) is 0.423. The molecule has 112 valence electrons. The molecule has 0 amide bonds. The van der Waals surface area contributed by atoms with Crippen molar-refractivity contribution in [2.45, 2.75) is 77.8 Å². The van der Waals surface area contributed by atoms with E-state index in [0.29, 0.717) is 0 Å². The molecule has 0 saturated carbocycles. The van der Waals surface area contributed by atoms with Crippen LogP contribution in [0, 0.1) is 0 Å². The lowest BCUT2D eigenvalue weighted by atomic mass is 9.81. The van der Waals surface area contributed by atoms with Crippen LogP contribution in [0.25, 0.3) is 0 Å². The van der Waals surface area contributed by atoms with E-state index in [1.807, 2.05) is 0 Å². The second-order valence-corrected chi connectivity index (χ2v) is 5.86. The normalized spacial score (nSPS) is 21.7. The average Bonchev–Trinajstić information content (AvgIpc) is 2.70. The molecule has 0 fully saturated rings. The third-order valence-electron chi connectivity index (χ3n) is 4.94. The number of likely N-dealkylation sites (N-methyl/N-ethyl adjacent to an activating group) is 1. The van der Waals surface area contributed by atoms with Crippen LogP contribution in [0.2, 0.25) is 0 Å². The summed E-state index contributed by atoms with van der Waals surface area (Å²) in [5.74, 6) is 5.95. The van der Waals surface area contributed by atoms with Gasteiger partial charge >= 0.3 is 0 Å². The van der Waals surface area contributed by atoms with E-state index in [-0.39, 0.29) is 11.6 Å². The first-order valence-electron chi connectivity index (χ1n) is 8.04. The molecular formula is C16H33N3. The molecule has 3 N–H and O–H groups in total. The molecule has 0 aromatic heterocycles. The lowest BCUT2D eigenvalue weighted by molar-refractivity contribution is 0.0814. The Bertz CT molecular complexity index is 284. The highest BCUT2D eigenvalue weighted by atomic mass is 15.3. The summed E-state index contributed by atoms with van der Waals surface area (Å²) in [6.07, 6.45) is 9.95. The maximum atomic E-state index is 5.95. The van der Waals surface area contributed by atoms with Crippen molar-refractivity contribution in [1.29, 1.82) is 0 Å². The zero-order valence-electron chi connectivity index (χ0n) is 13.3. The van der Waals surface area contributed by atoms with Crippen LogP contribution in [0.1, 0.15) is 66.2 Å². The van der Waals surface area contributed by atoms with Crippen molar-refractivity contribution >= 4 is 0 Å². The van der Waals surface area contributed by atoms with E-state index in [0.717, 1.165) is 19.5 Å². The van der Waals surface area contributed by atoms with Crippen LogP contribution in [0.15, 0.2) is 11.6 Å². The van der Waals surface area contributed by atoms with Gasteiger partial charge in [0, 0.05) is 5.54 Å². The Hall–Kier alpha value is -0.380. The summed E-state index contributed by atoms with van der Waals surface area (Å²) in [5.41, 5.74) is 4.76. The van der Waals surface area contributed by atoms with Crippen LogP contribution in [0.3, 0.4) is 0 Å². The van der Waals surface area contributed by atoms with Crippen molar-refractivity contribution in [2.75, 3.05) is 13.1 Å². The summed E-state index contributed by atoms with van der Waals surface area (Å²) in [6.45, 7) is 11.3. The molecule has 0 radical (unpaired) electrons. The predicted octanol–water partition coefficient (Wildman–Crippen LogP) is 3.22. The monoisotopic (exact) mass is 267 g/mol. The number of nitrogens with two attached hydrogens (primary N) is 1. The number of hydrazine groups is 1. The van der Waals surface area contributed by atoms with Gasteiger partial charge in [0.15, 0.2) is 0 Å². The minimum absolute atomic E-state index is 0.106. The molecule has 0 aromatic rings. The maximum Gasteiger partial charge on any atom is 0.0601 e.